The molecule has 2 atom stereocenters. The zero-order chi connectivity index (χ0) is 9.97. The normalized spacial score (nSPS) is 24.1. The van der Waals surface area contributed by atoms with E-state index in [1.54, 1.807) is 0 Å². The van der Waals surface area contributed by atoms with Crippen molar-refractivity contribution in [2.45, 2.75) is 24.9 Å². The van der Waals surface area contributed by atoms with Crippen LogP contribution in [0, 0.1) is 0 Å². The molecule has 0 amide bonds. The van der Waals surface area contributed by atoms with Crippen LogP contribution >= 0.6 is 40.7 Å². The van der Waals surface area contributed by atoms with Crippen LogP contribution in [0.4, 0.5) is 0 Å². The summed E-state index contributed by atoms with van der Waals surface area (Å²) in [6, 6.07) is 9.09. The predicted octanol–water partition coefficient (Wildman–Crippen LogP) is 3.04. The van der Waals surface area contributed by atoms with Crippen molar-refractivity contribution in [3.8, 4) is 0 Å². The predicted molar refractivity (Wildman–Crippen MR) is 76.6 cm³/mol. The van der Waals surface area contributed by atoms with E-state index >= 15 is 0 Å². The topological polar surface area (TPSA) is 38.0 Å². The Morgan fingerprint density at radius 2 is 1.94 bits per heavy atom. The van der Waals surface area contributed by atoms with Crippen molar-refractivity contribution in [1.29, 1.82) is 0 Å². The summed E-state index contributed by atoms with van der Waals surface area (Å²) in [5.74, 6) is 0. The monoisotopic (exact) mass is 326 g/mol. The second kappa shape index (κ2) is 7.51. The van der Waals surface area contributed by atoms with Gasteiger partial charge < -0.3 is 11.1 Å². The van der Waals surface area contributed by atoms with Crippen LogP contribution in [-0.2, 0) is 0 Å². The molecule has 1 saturated heterocycles. The van der Waals surface area contributed by atoms with Gasteiger partial charge in [0.2, 0.25) is 0 Å². The van der Waals surface area contributed by atoms with Gasteiger partial charge in [-0.25, -0.2) is 0 Å². The first-order valence-electron chi connectivity index (χ1n) is 5.01. The Kier molecular flexibility index (Phi) is 7.61. The second-order valence-corrected chi connectivity index (χ2v) is 4.67. The summed E-state index contributed by atoms with van der Waals surface area (Å²) < 4.78 is 1.17. The maximum Gasteiger partial charge on any atom is 0.0346 e. The van der Waals surface area contributed by atoms with Crippen molar-refractivity contribution < 1.29 is 0 Å². The number of hydrogen-bond donors (Lipinski definition) is 2. The fraction of sp³-hybridized carbons (Fsp3) is 0.455. The molecule has 0 aromatic heterocycles. The minimum atomic E-state index is 0. The van der Waals surface area contributed by atoms with E-state index < -0.39 is 0 Å². The van der Waals surface area contributed by atoms with E-state index in [4.69, 9.17) is 5.73 Å². The number of nitrogens with two attached hydrogens (primary N) is 1. The van der Waals surface area contributed by atoms with Gasteiger partial charge in [-0.05, 0) is 31.0 Å². The van der Waals surface area contributed by atoms with Gasteiger partial charge in [0.05, 0.1) is 0 Å². The maximum atomic E-state index is 5.96. The Morgan fingerprint density at radius 1 is 1.25 bits per heavy atom. The standard InChI is InChI=1S/C11H15BrN2.2ClH/c12-10-4-2-1-3-9(10)11-7-8(13)5-6-14-11;;/h1-4,8,11,14H,5-7,13H2;2*1H. The van der Waals surface area contributed by atoms with Crippen LogP contribution in [0.5, 0.6) is 0 Å². The number of rotatable bonds is 1. The number of benzene rings is 1. The van der Waals surface area contributed by atoms with E-state index in [1.807, 2.05) is 6.07 Å². The lowest BCUT2D eigenvalue weighted by atomic mass is 9.94. The van der Waals surface area contributed by atoms with Gasteiger partial charge in [0.1, 0.15) is 0 Å². The van der Waals surface area contributed by atoms with E-state index in [0.717, 1.165) is 19.4 Å². The third-order valence-corrected chi connectivity index (χ3v) is 3.45. The SMILES string of the molecule is Cl.Cl.NC1CCNC(c2ccccc2Br)C1. The highest BCUT2D eigenvalue weighted by Gasteiger charge is 2.21. The zero-order valence-corrected chi connectivity index (χ0v) is 12.1. The van der Waals surface area contributed by atoms with Crippen LogP contribution in [0.3, 0.4) is 0 Å². The van der Waals surface area contributed by atoms with Crippen LogP contribution < -0.4 is 11.1 Å². The molecule has 0 spiro atoms. The van der Waals surface area contributed by atoms with Gasteiger partial charge in [-0.1, -0.05) is 34.1 Å². The van der Waals surface area contributed by atoms with E-state index in [1.165, 1.54) is 10.0 Å². The van der Waals surface area contributed by atoms with E-state index in [-0.39, 0.29) is 24.8 Å². The quantitative estimate of drug-likeness (QED) is 0.832. The van der Waals surface area contributed by atoms with E-state index in [2.05, 4.69) is 39.4 Å². The molecule has 2 rings (SSSR count). The van der Waals surface area contributed by atoms with Crippen LogP contribution in [-0.4, -0.2) is 12.6 Å². The summed E-state index contributed by atoms with van der Waals surface area (Å²) in [6.07, 6.45) is 2.11. The molecule has 1 aliphatic rings. The Bertz CT molecular complexity index is 323. The van der Waals surface area contributed by atoms with Crippen molar-refractivity contribution >= 4 is 40.7 Å². The first-order chi connectivity index (χ1) is 6.77. The molecular weight excluding hydrogens is 311 g/mol. The molecule has 1 heterocycles. The van der Waals surface area contributed by atoms with E-state index in [9.17, 15) is 0 Å². The molecular formula is C11H17BrCl2N2. The van der Waals surface area contributed by atoms with Gasteiger partial charge in [-0.3, -0.25) is 0 Å². The molecule has 92 valence electrons. The lowest BCUT2D eigenvalue weighted by Crippen LogP contribution is -2.38. The molecule has 1 aromatic rings. The van der Waals surface area contributed by atoms with Gasteiger partial charge in [-0.15, -0.1) is 24.8 Å². The minimum Gasteiger partial charge on any atom is -0.328 e. The highest BCUT2D eigenvalue weighted by molar-refractivity contribution is 9.10. The number of nitrogens with one attached hydrogen (secondary N) is 1. The van der Waals surface area contributed by atoms with Gasteiger partial charge in [-0.2, -0.15) is 0 Å². The van der Waals surface area contributed by atoms with Crippen molar-refractivity contribution in [2.24, 2.45) is 5.73 Å². The Balaban J connectivity index is 0.00000112. The fourth-order valence-electron chi connectivity index (χ4n) is 1.94. The molecule has 3 N–H and O–H groups in total. The maximum absolute atomic E-state index is 5.96. The Labute approximate surface area is 117 Å². The summed E-state index contributed by atoms with van der Waals surface area (Å²) in [5, 5.41) is 3.50. The summed E-state index contributed by atoms with van der Waals surface area (Å²) in [4.78, 5) is 0. The van der Waals surface area contributed by atoms with Gasteiger partial charge in [0, 0.05) is 16.6 Å². The molecule has 2 nitrogen and oxygen atoms in total. The smallest absolute Gasteiger partial charge is 0.0346 e. The summed E-state index contributed by atoms with van der Waals surface area (Å²) in [7, 11) is 0. The summed E-state index contributed by atoms with van der Waals surface area (Å²) in [6.45, 7) is 1.02. The molecule has 0 bridgehead atoms. The molecule has 1 aliphatic heterocycles. The largest absolute Gasteiger partial charge is 0.328 e. The molecule has 0 radical (unpaired) electrons. The van der Waals surface area contributed by atoms with Crippen LogP contribution in [0.25, 0.3) is 0 Å². The van der Waals surface area contributed by atoms with Gasteiger partial charge >= 0.3 is 0 Å². The van der Waals surface area contributed by atoms with Gasteiger partial charge in [0.25, 0.3) is 0 Å². The molecule has 0 saturated carbocycles. The third-order valence-electron chi connectivity index (χ3n) is 2.72. The second-order valence-electron chi connectivity index (χ2n) is 3.81. The molecule has 1 aromatic carbocycles. The Morgan fingerprint density at radius 3 is 2.56 bits per heavy atom. The first kappa shape index (κ1) is 16.2. The molecule has 5 heteroatoms. The average molecular weight is 328 g/mol. The summed E-state index contributed by atoms with van der Waals surface area (Å²) in [5.41, 5.74) is 7.28. The third kappa shape index (κ3) is 3.90. The van der Waals surface area contributed by atoms with E-state index in [0.29, 0.717) is 12.1 Å². The van der Waals surface area contributed by atoms with Crippen LogP contribution in [0.15, 0.2) is 28.7 Å². The highest BCUT2D eigenvalue weighted by Crippen LogP contribution is 2.28. The lowest BCUT2D eigenvalue weighted by molar-refractivity contribution is 0.369. The number of halogens is 3. The summed E-state index contributed by atoms with van der Waals surface area (Å²) >= 11 is 3.57. The molecule has 16 heavy (non-hydrogen) atoms. The molecule has 1 fully saturated rings. The van der Waals surface area contributed by atoms with Crippen LogP contribution in [0.1, 0.15) is 24.4 Å². The van der Waals surface area contributed by atoms with Crippen molar-refractivity contribution in [3.05, 3.63) is 34.3 Å². The number of piperidine rings is 1. The fourth-order valence-corrected chi connectivity index (χ4v) is 2.50. The van der Waals surface area contributed by atoms with Crippen molar-refractivity contribution in [3.63, 3.8) is 0 Å². The number of hydrogen-bond acceptors (Lipinski definition) is 2. The molecule has 0 aliphatic carbocycles. The Hall–Kier alpha value is 0.200. The van der Waals surface area contributed by atoms with Crippen molar-refractivity contribution in [2.75, 3.05) is 6.54 Å². The first-order valence-corrected chi connectivity index (χ1v) is 5.80. The zero-order valence-electron chi connectivity index (χ0n) is 8.86. The van der Waals surface area contributed by atoms with Crippen molar-refractivity contribution in [1.82, 2.24) is 5.32 Å². The average Bonchev–Trinajstić information content (AvgIpc) is 2.18. The minimum absolute atomic E-state index is 0. The highest BCUT2D eigenvalue weighted by atomic mass is 79.9. The van der Waals surface area contributed by atoms with Gasteiger partial charge in [0.15, 0.2) is 0 Å². The molecule has 2 unspecified atom stereocenters. The van der Waals surface area contributed by atoms with Crippen LogP contribution in [0.2, 0.25) is 0 Å². The lowest BCUT2D eigenvalue weighted by Gasteiger charge is -2.29.